The number of aryl methyl sites for hydroxylation is 1. The van der Waals surface area contributed by atoms with E-state index in [0.717, 1.165) is 33.5 Å². The summed E-state index contributed by atoms with van der Waals surface area (Å²) >= 11 is 0. The van der Waals surface area contributed by atoms with Gasteiger partial charge in [0, 0.05) is 30.1 Å². The van der Waals surface area contributed by atoms with Crippen molar-refractivity contribution in [1.29, 1.82) is 0 Å². The van der Waals surface area contributed by atoms with Crippen molar-refractivity contribution in [3.63, 3.8) is 0 Å². The first kappa shape index (κ1) is 18.4. The van der Waals surface area contributed by atoms with Crippen LogP contribution in [0, 0.1) is 6.92 Å². The van der Waals surface area contributed by atoms with Crippen LogP contribution in [0.5, 0.6) is 11.5 Å². The second kappa shape index (κ2) is 6.98. The molecular formula is C21H20N2O5S. The van der Waals surface area contributed by atoms with E-state index >= 15 is 0 Å². The summed E-state index contributed by atoms with van der Waals surface area (Å²) in [5.74, 6) is 1.42. The number of ether oxygens (including phenoxy) is 3. The Bertz CT molecular complexity index is 1190. The zero-order chi connectivity index (χ0) is 20.0. The van der Waals surface area contributed by atoms with Crippen molar-refractivity contribution >= 4 is 20.9 Å². The molecule has 29 heavy (non-hydrogen) atoms. The highest BCUT2D eigenvalue weighted by atomic mass is 32.2. The first-order chi connectivity index (χ1) is 14.0. The van der Waals surface area contributed by atoms with Gasteiger partial charge in [0.2, 0.25) is 16.8 Å². The van der Waals surface area contributed by atoms with Crippen LogP contribution in [0.4, 0.5) is 0 Å². The quantitative estimate of drug-likeness (QED) is 0.658. The van der Waals surface area contributed by atoms with Crippen LogP contribution in [-0.2, 0) is 14.8 Å². The average Bonchev–Trinajstić information content (AvgIpc) is 3.20. The molecule has 150 valence electrons. The van der Waals surface area contributed by atoms with Gasteiger partial charge in [-0.05, 0) is 36.8 Å². The number of pyridine rings is 1. The molecule has 0 radical (unpaired) electrons. The molecule has 0 bridgehead atoms. The van der Waals surface area contributed by atoms with E-state index < -0.39 is 10.0 Å². The highest BCUT2D eigenvalue weighted by molar-refractivity contribution is 7.89. The second-order valence-corrected chi connectivity index (χ2v) is 9.03. The smallest absolute Gasteiger partial charge is 0.243 e. The molecule has 0 atom stereocenters. The molecule has 1 fully saturated rings. The lowest BCUT2D eigenvalue weighted by Crippen LogP contribution is -2.40. The average molecular weight is 412 g/mol. The zero-order valence-corrected chi connectivity index (χ0v) is 16.7. The highest BCUT2D eigenvalue weighted by Gasteiger charge is 2.26. The van der Waals surface area contributed by atoms with Crippen molar-refractivity contribution in [3.8, 4) is 22.8 Å². The number of morpholine rings is 1. The van der Waals surface area contributed by atoms with Gasteiger partial charge in [-0.25, -0.2) is 13.4 Å². The molecule has 1 saturated heterocycles. The minimum Gasteiger partial charge on any atom is -0.454 e. The topological polar surface area (TPSA) is 78.0 Å². The molecular weight excluding hydrogens is 392 g/mol. The third-order valence-electron chi connectivity index (χ3n) is 5.27. The lowest BCUT2D eigenvalue weighted by molar-refractivity contribution is 0.0730. The molecule has 0 aliphatic carbocycles. The number of nitrogens with zero attached hydrogens (tertiary/aromatic N) is 2. The van der Waals surface area contributed by atoms with Gasteiger partial charge in [0.25, 0.3) is 0 Å². The molecule has 0 unspecified atom stereocenters. The number of hydrogen-bond donors (Lipinski definition) is 0. The van der Waals surface area contributed by atoms with E-state index in [0.29, 0.717) is 32.1 Å². The van der Waals surface area contributed by atoms with Gasteiger partial charge in [0.05, 0.1) is 29.3 Å². The maximum atomic E-state index is 12.8. The minimum absolute atomic E-state index is 0.219. The predicted octanol–water partition coefficient (Wildman–Crippen LogP) is 2.96. The maximum Gasteiger partial charge on any atom is 0.243 e. The molecule has 0 N–H and O–H groups in total. The lowest BCUT2D eigenvalue weighted by atomic mass is 10.0. The van der Waals surface area contributed by atoms with Gasteiger partial charge in [-0.3, -0.25) is 0 Å². The van der Waals surface area contributed by atoms with Crippen LogP contribution in [-0.4, -0.2) is 50.8 Å². The van der Waals surface area contributed by atoms with Crippen LogP contribution in [0.3, 0.4) is 0 Å². The van der Waals surface area contributed by atoms with E-state index in [9.17, 15) is 8.42 Å². The Balaban J connectivity index is 1.50. The first-order valence-electron chi connectivity index (χ1n) is 9.42. The monoisotopic (exact) mass is 412 g/mol. The van der Waals surface area contributed by atoms with Gasteiger partial charge < -0.3 is 14.2 Å². The van der Waals surface area contributed by atoms with E-state index in [1.54, 1.807) is 24.3 Å². The summed E-state index contributed by atoms with van der Waals surface area (Å²) in [4.78, 5) is 5.04. The Morgan fingerprint density at radius 3 is 2.38 bits per heavy atom. The molecule has 2 aromatic carbocycles. The van der Waals surface area contributed by atoms with Crippen LogP contribution in [0.15, 0.2) is 47.4 Å². The van der Waals surface area contributed by atoms with E-state index in [1.165, 1.54) is 4.31 Å². The van der Waals surface area contributed by atoms with Crippen molar-refractivity contribution in [1.82, 2.24) is 9.29 Å². The Hall–Kier alpha value is -2.68. The van der Waals surface area contributed by atoms with Gasteiger partial charge in [-0.2, -0.15) is 4.31 Å². The Kier molecular flexibility index (Phi) is 4.42. The van der Waals surface area contributed by atoms with Crippen LogP contribution in [0.1, 0.15) is 5.56 Å². The summed E-state index contributed by atoms with van der Waals surface area (Å²) in [5, 5.41) is 1.00. The van der Waals surface area contributed by atoms with Crippen molar-refractivity contribution in [2.24, 2.45) is 0 Å². The van der Waals surface area contributed by atoms with E-state index in [4.69, 9.17) is 19.2 Å². The standard InChI is InChI=1S/C21H20N2O5S/c1-14-10-18(22-19-12-21-20(11-17(14)19)27-13-28-21)15-2-4-16(5-3-15)29(24,25)23-6-8-26-9-7-23/h2-5,10-12H,6-9,13H2,1H3. The number of aromatic nitrogens is 1. The second-order valence-electron chi connectivity index (χ2n) is 7.09. The Morgan fingerprint density at radius 1 is 0.966 bits per heavy atom. The molecule has 1 aromatic heterocycles. The molecule has 0 amide bonds. The summed E-state index contributed by atoms with van der Waals surface area (Å²) in [6.07, 6.45) is 0. The molecule has 7 nitrogen and oxygen atoms in total. The van der Waals surface area contributed by atoms with Crippen LogP contribution >= 0.6 is 0 Å². The molecule has 3 heterocycles. The highest BCUT2D eigenvalue weighted by Crippen LogP contribution is 2.37. The fourth-order valence-electron chi connectivity index (χ4n) is 3.67. The van der Waals surface area contributed by atoms with E-state index in [2.05, 4.69) is 0 Å². The predicted molar refractivity (Wildman–Crippen MR) is 108 cm³/mol. The molecule has 8 heteroatoms. The molecule has 0 spiro atoms. The molecule has 2 aliphatic heterocycles. The SMILES string of the molecule is Cc1cc(-c2ccc(S(=O)(=O)N3CCOCC3)cc2)nc2cc3c(cc12)OCO3. The third kappa shape index (κ3) is 3.23. The van der Waals surface area contributed by atoms with Crippen LogP contribution < -0.4 is 9.47 Å². The van der Waals surface area contributed by atoms with Gasteiger partial charge in [-0.15, -0.1) is 0 Å². The van der Waals surface area contributed by atoms with Crippen molar-refractivity contribution in [2.75, 3.05) is 33.1 Å². The van der Waals surface area contributed by atoms with E-state index in [1.807, 2.05) is 25.1 Å². The Labute approximate surface area is 168 Å². The van der Waals surface area contributed by atoms with Gasteiger partial charge in [-0.1, -0.05) is 12.1 Å². The molecule has 3 aromatic rings. The fourth-order valence-corrected chi connectivity index (χ4v) is 5.07. The summed E-state index contributed by atoms with van der Waals surface area (Å²) in [5.41, 5.74) is 3.51. The third-order valence-corrected chi connectivity index (χ3v) is 7.18. The number of hydrogen-bond acceptors (Lipinski definition) is 6. The normalized spacial score (nSPS) is 17.0. The number of fused-ring (bicyclic) bond motifs is 2. The summed E-state index contributed by atoms with van der Waals surface area (Å²) in [6, 6.07) is 12.7. The number of benzene rings is 2. The van der Waals surface area contributed by atoms with Crippen molar-refractivity contribution in [2.45, 2.75) is 11.8 Å². The largest absolute Gasteiger partial charge is 0.454 e. The van der Waals surface area contributed by atoms with Crippen LogP contribution in [0.2, 0.25) is 0 Å². The molecule has 5 rings (SSSR count). The van der Waals surface area contributed by atoms with Crippen molar-refractivity contribution in [3.05, 3.63) is 48.0 Å². The molecule has 0 saturated carbocycles. The minimum atomic E-state index is -3.51. The number of sulfonamides is 1. The fraction of sp³-hybridized carbons (Fsp3) is 0.286. The number of rotatable bonds is 3. The molecule has 2 aliphatic rings. The van der Waals surface area contributed by atoms with Crippen LogP contribution in [0.25, 0.3) is 22.2 Å². The summed E-state index contributed by atoms with van der Waals surface area (Å²) in [6.45, 7) is 3.85. The first-order valence-corrected chi connectivity index (χ1v) is 10.9. The van der Waals surface area contributed by atoms with Gasteiger partial charge in [0.1, 0.15) is 0 Å². The zero-order valence-electron chi connectivity index (χ0n) is 15.9. The van der Waals surface area contributed by atoms with Gasteiger partial charge >= 0.3 is 0 Å². The van der Waals surface area contributed by atoms with Gasteiger partial charge in [0.15, 0.2) is 11.5 Å². The summed E-state index contributed by atoms with van der Waals surface area (Å²) < 4.78 is 43.2. The maximum absolute atomic E-state index is 12.8. The lowest BCUT2D eigenvalue weighted by Gasteiger charge is -2.26. The Morgan fingerprint density at radius 2 is 1.66 bits per heavy atom. The van der Waals surface area contributed by atoms with E-state index in [-0.39, 0.29) is 11.7 Å². The summed E-state index contributed by atoms with van der Waals surface area (Å²) in [7, 11) is -3.51. The van der Waals surface area contributed by atoms with Crippen molar-refractivity contribution < 1.29 is 22.6 Å².